The van der Waals surface area contributed by atoms with Crippen LogP contribution in [0.3, 0.4) is 0 Å². The average molecular weight is 336 g/mol. The van der Waals surface area contributed by atoms with Crippen molar-refractivity contribution >= 4 is 22.6 Å². The molecule has 2 aromatic rings. The maximum atomic E-state index is 12.5. The molecule has 1 unspecified atom stereocenters. The number of hydrogen-bond donors (Lipinski definition) is 1. The molecule has 130 valence electrons. The zero-order valence-corrected chi connectivity index (χ0v) is 14.4. The molecule has 1 atom stereocenters. The van der Waals surface area contributed by atoms with Crippen LogP contribution < -0.4 is 5.32 Å². The molecule has 0 aromatic heterocycles. The predicted octanol–water partition coefficient (Wildman–Crippen LogP) is 3.25. The first-order valence-electron chi connectivity index (χ1n) is 9.25. The number of carbonyl (C=O) groups excluding carboxylic acids is 2. The van der Waals surface area contributed by atoms with Crippen molar-refractivity contribution in [3.05, 3.63) is 48.0 Å². The molecule has 1 saturated heterocycles. The highest BCUT2D eigenvalue weighted by Crippen LogP contribution is 2.29. The molecule has 1 N–H and O–H groups in total. The van der Waals surface area contributed by atoms with Crippen molar-refractivity contribution in [2.45, 2.75) is 44.7 Å². The quantitative estimate of drug-likeness (QED) is 0.932. The summed E-state index contributed by atoms with van der Waals surface area (Å²) in [6.07, 6.45) is 4.95. The average Bonchev–Trinajstić information content (AvgIpc) is 3.29. The van der Waals surface area contributed by atoms with E-state index in [9.17, 15) is 9.59 Å². The van der Waals surface area contributed by atoms with Gasteiger partial charge >= 0.3 is 0 Å². The molecule has 1 aliphatic carbocycles. The molecule has 4 nitrogen and oxygen atoms in total. The predicted molar refractivity (Wildman–Crippen MR) is 97.9 cm³/mol. The van der Waals surface area contributed by atoms with Gasteiger partial charge in [-0.1, -0.05) is 49.2 Å². The number of fused-ring (bicyclic) bond motifs is 1. The van der Waals surface area contributed by atoms with Gasteiger partial charge in [0.15, 0.2) is 0 Å². The number of nitrogens with zero attached hydrogens (tertiary/aromatic N) is 1. The molecule has 2 fully saturated rings. The lowest BCUT2D eigenvalue weighted by Crippen LogP contribution is -2.36. The summed E-state index contributed by atoms with van der Waals surface area (Å²) in [7, 11) is 0. The van der Waals surface area contributed by atoms with Crippen LogP contribution in [0.2, 0.25) is 0 Å². The summed E-state index contributed by atoms with van der Waals surface area (Å²) < 4.78 is 0. The summed E-state index contributed by atoms with van der Waals surface area (Å²) in [5, 5.41) is 5.40. The van der Waals surface area contributed by atoms with Crippen molar-refractivity contribution in [2.24, 2.45) is 5.92 Å². The smallest absolute Gasteiger partial charge is 0.225 e. The number of nitrogens with one attached hydrogen (secondary N) is 1. The van der Waals surface area contributed by atoms with E-state index in [1.54, 1.807) is 0 Å². The second-order valence-corrected chi connectivity index (χ2v) is 7.28. The molecule has 0 radical (unpaired) electrons. The van der Waals surface area contributed by atoms with Gasteiger partial charge in [-0.05, 0) is 35.2 Å². The normalized spacial score (nSPS) is 21.2. The SMILES string of the molecule is O=C(NCc1ccc2ccccc2c1)C1CC(=O)N(C2CCCC2)C1. The first kappa shape index (κ1) is 16.1. The molecule has 2 amide bonds. The Morgan fingerprint density at radius 1 is 1.08 bits per heavy atom. The maximum Gasteiger partial charge on any atom is 0.225 e. The van der Waals surface area contributed by atoms with Crippen LogP contribution in [0.25, 0.3) is 10.8 Å². The van der Waals surface area contributed by atoms with Gasteiger partial charge in [-0.15, -0.1) is 0 Å². The van der Waals surface area contributed by atoms with Gasteiger partial charge in [0, 0.05) is 25.6 Å². The van der Waals surface area contributed by atoms with Gasteiger partial charge in [0.1, 0.15) is 0 Å². The Morgan fingerprint density at radius 2 is 1.84 bits per heavy atom. The van der Waals surface area contributed by atoms with E-state index in [-0.39, 0.29) is 17.7 Å². The third kappa shape index (κ3) is 3.39. The molecule has 0 spiro atoms. The minimum Gasteiger partial charge on any atom is -0.352 e. The summed E-state index contributed by atoms with van der Waals surface area (Å²) in [6.45, 7) is 1.10. The number of likely N-dealkylation sites (tertiary alicyclic amines) is 1. The topological polar surface area (TPSA) is 49.4 Å². The van der Waals surface area contributed by atoms with Gasteiger partial charge in [-0.25, -0.2) is 0 Å². The number of hydrogen-bond acceptors (Lipinski definition) is 2. The van der Waals surface area contributed by atoms with E-state index < -0.39 is 0 Å². The van der Waals surface area contributed by atoms with Crippen LogP contribution >= 0.6 is 0 Å². The zero-order valence-electron chi connectivity index (χ0n) is 14.4. The molecule has 25 heavy (non-hydrogen) atoms. The zero-order chi connectivity index (χ0) is 17.2. The molecule has 1 saturated carbocycles. The highest BCUT2D eigenvalue weighted by Gasteiger charge is 2.38. The molecule has 2 aliphatic rings. The largest absolute Gasteiger partial charge is 0.352 e. The Kier molecular flexibility index (Phi) is 4.43. The fourth-order valence-corrected chi connectivity index (χ4v) is 4.16. The van der Waals surface area contributed by atoms with Gasteiger partial charge in [0.05, 0.1) is 5.92 Å². The summed E-state index contributed by atoms with van der Waals surface area (Å²) in [5.74, 6) is -0.0479. The molecule has 4 heteroatoms. The van der Waals surface area contributed by atoms with Gasteiger partial charge in [-0.2, -0.15) is 0 Å². The highest BCUT2D eigenvalue weighted by molar-refractivity contribution is 5.89. The monoisotopic (exact) mass is 336 g/mol. The summed E-state index contributed by atoms with van der Waals surface area (Å²) in [4.78, 5) is 26.7. The standard InChI is InChI=1S/C21H24N2O2/c24-20-12-18(14-23(20)19-7-3-4-8-19)21(25)22-13-15-9-10-16-5-1-2-6-17(16)11-15/h1-2,5-6,9-11,18-19H,3-4,7-8,12-14H2,(H,22,25). The van der Waals surface area contributed by atoms with E-state index in [1.807, 2.05) is 23.1 Å². The van der Waals surface area contributed by atoms with Crippen LogP contribution in [-0.4, -0.2) is 29.3 Å². The van der Waals surface area contributed by atoms with E-state index in [0.29, 0.717) is 25.6 Å². The van der Waals surface area contributed by atoms with Crippen molar-refractivity contribution in [3.63, 3.8) is 0 Å². The van der Waals surface area contributed by atoms with E-state index in [4.69, 9.17) is 0 Å². The molecule has 0 bridgehead atoms. The summed E-state index contributed by atoms with van der Waals surface area (Å²) in [5.41, 5.74) is 1.09. The van der Waals surface area contributed by atoms with Crippen LogP contribution in [0.4, 0.5) is 0 Å². The van der Waals surface area contributed by atoms with Crippen LogP contribution in [0, 0.1) is 5.92 Å². The lowest BCUT2D eigenvalue weighted by atomic mass is 10.1. The lowest BCUT2D eigenvalue weighted by Gasteiger charge is -2.23. The fraction of sp³-hybridized carbons (Fsp3) is 0.429. The van der Waals surface area contributed by atoms with Crippen molar-refractivity contribution in [3.8, 4) is 0 Å². The second kappa shape index (κ2) is 6.87. The Hall–Kier alpha value is -2.36. The maximum absolute atomic E-state index is 12.5. The molecule has 1 aliphatic heterocycles. The van der Waals surface area contributed by atoms with E-state index in [0.717, 1.165) is 18.4 Å². The third-order valence-electron chi connectivity index (χ3n) is 5.58. The van der Waals surface area contributed by atoms with Gasteiger partial charge in [0.25, 0.3) is 0 Å². The Balaban J connectivity index is 1.36. The first-order valence-corrected chi connectivity index (χ1v) is 9.25. The minimum atomic E-state index is -0.200. The second-order valence-electron chi connectivity index (χ2n) is 7.28. The van der Waals surface area contributed by atoms with Gasteiger partial charge in [0.2, 0.25) is 11.8 Å². The van der Waals surface area contributed by atoms with Crippen LogP contribution in [0.5, 0.6) is 0 Å². The lowest BCUT2D eigenvalue weighted by molar-refractivity contribution is -0.130. The number of benzene rings is 2. The van der Waals surface area contributed by atoms with Crippen LogP contribution in [0.15, 0.2) is 42.5 Å². The number of amides is 2. The van der Waals surface area contributed by atoms with Crippen molar-refractivity contribution in [2.75, 3.05) is 6.54 Å². The Morgan fingerprint density at radius 3 is 2.64 bits per heavy atom. The van der Waals surface area contributed by atoms with Crippen LogP contribution in [-0.2, 0) is 16.1 Å². The Labute approximate surface area is 148 Å². The number of rotatable bonds is 4. The van der Waals surface area contributed by atoms with Crippen LogP contribution in [0.1, 0.15) is 37.7 Å². The van der Waals surface area contributed by atoms with E-state index in [1.165, 1.54) is 23.6 Å². The fourth-order valence-electron chi connectivity index (χ4n) is 4.16. The minimum absolute atomic E-state index is 0.00186. The number of carbonyl (C=O) groups is 2. The highest BCUT2D eigenvalue weighted by atomic mass is 16.2. The van der Waals surface area contributed by atoms with Gasteiger partial charge in [-0.3, -0.25) is 9.59 Å². The van der Waals surface area contributed by atoms with Crippen molar-refractivity contribution < 1.29 is 9.59 Å². The van der Waals surface area contributed by atoms with Crippen molar-refractivity contribution in [1.29, 1.82) is 0 Å². The molecule has 4 rings (SSSR count). The molecule has 2 aromatic carbocycles. The molecular weight excluding hydrogens is 312 g/mol. The van der Waals surface area contributed by atoms with Crippen molar-refractivity contribution in [1.82, 2.24) is 10.2 Å². The molecular formula is C21H24N2O2. The van der Waals surface area contributed by atoms with Gasteiger partial charge < -0.3 is 10.2 Å². The summed E-state index contributed by atoms with van der Waals surface area (Å²) in [6, 6.07) is 14.8. The third-order valence-corrected chi connectivity index (χ3v) is 5.58. The Bertz CT molecular complexity index is 795. The van der Waals surface area contributed by atoms with E-state index >= 15 is 0 Å². The van der Waals surface area contributed by atoms with E-state index in [2.05, 4.69) is 29.6 Å². The molecule has 1 heterocycles. The summed E-state index contributed by atoms with van der Waals surface area (Å²) >= 11 is 0. The first-order chi connectivity index (χ1) is 12.2.